The van der Waals surface area contributed by atoms with Crippen LogP contribution in [-0.2, 0) is 24.3 Å². The van der Waals surface area contributed by atoms with Crippen LogP contribution in [0.4, 0.5) is 0 Å². The van der Waals surface area contributed by atoms with Crippen LogP contribution >= 0.6 is 11.8 Å². The quantitative estimate of drug-likeness (QED) is 0.538. The maximum atomic E-state index is 12.4. The number of thioether (sulfide) groups is 1. The van der Waals surface area contributed by atoms with Gasteiger partial charge in [0.05, 0.1) is 17.4 Å². The third-order valence-electron chi connectivity index (χ3n) is 3.57. The van der Waals surface area contributed by atoms with E-state index in [0.717, 1.165) is 0 Å². The number of benzene rings is 1. The molecule has 1 aromatic rings. The number of nitrogens with zero attached hydrogens (tertiary/aromatic N) is 2. The van der Waals surface area contributed by atoms with Crippen molar-refractivity contribution in [2.45, 2.75) is 23.8 Å². The van der Waals surface area contributed by atoms with Gasteiger partial charge in [-0.2, -0.15) is 21.7 Å². The summed E-state index contributed by atoms with van der Waals surface area (Å²) in [7, 11) is -2.40. The molecule has 27 heavy (non-hydrogen) atoms. The van der Waals surface area contributed by atoms with Crippen molar-refractivity contribution in [2.75, 3.05) is 32.2 Å². The summed E-state index contributed by atoms with van der Waals surface area (Å²) in [5.74, 6) is -0.744. The number of nitrogens with one attached hydrogen (secondary N) is 1. The predicted molar refractivity (Wildman–Crippen MR) is 102 cm³/mol. The average molecular weight is 414 g/mol. The van der Waals surface area contributed by atoms with Crippen molar-refractivity contribution in [3.8, 4) is 6.07 Å². The Morgan fingerprint density at radius 3 is 2.59 bits per heavy atom. The predicted octanol–water partition coefficient (Wildman–Crippen LogP) is 1.00. The van der Waals surface area contributed by atoms with Crippen LogP contribution in [0.2, 0.25) is 0 Å². The molecule has 0 radical (unpaired) electrons. The van der Waals surface area contributed by atoms with Crippen molar-refractivity contribution < 1.29 is 22.7 Å². The molecule has 0 aliphatic heterocycles. The Labute approximate surface area is 163 Å². The molecular formula is C17H23N3O5S2. The lowest BCUT2D eigenvalue weighted by atomic mass is 10.2. The van der Waals surface area contributed by atoms with E-state index < -0.39 is 34.5 Å². The van der Waals surface area contributed by atoms with E-state index >= 15 is 0 Å². The molecular weight excluding hydrogens is 390 g/mol. The standard InChI is InChI=1S/C17H23N3O5S2/c1-20(11-6-10-18)16(21)13-25-17(22)15(9-12-26-2)19-27(23,24)14-7-4-3-5-8-14/h3-5,7-8,15,19H,6,9,11-13H2,1-2H3. The molecule has 1 N–H and O–H groups in total. The smallest absolute Gasteiger partial charge is 0.324 e. The van der Waals surface area contributed by atoms with Crippen molar-refractivity contribution >= 4 is 33.7 Å². The zero-order chi connectivity index (χ0) is 20.3. The highest BCUT2D eigenvalue weighted by Crippen LogP contribution is 2.11. The van der Waals surface area contributed by atoms with E-state index in [-0.39, 0.29) is 24.3 Å². The van der Waals surface area contributed by atoms with E-state index in [2.05, 4.69) is 4.72 Å². The Balaban J connectivity index is 2.74. The summed E-state index contributed by atoms with van der Waals surface area (Å²) in [5, 5.41) is 8.53. The number of hydrogen-bond donors (Lipinski definition) is 1. The third kappa shape index (κ3) is 7.99. The number of esters is 1. The molecule has 0 aliphatic rings. The van der Waals surface area contributed by atoms with E-state index in [0.29, 0.717) is 5.75 Å². The number of hydrogen-bond acceptors (Lipinski definition) is 7. The first kappa shape index (κ1) is 23.0. The highest BCUT2D eigenvalue weighted by molar-refractivity contribution is 7.98. The summed E-state index contributed by atoms with van der Waals surface area (Å²) in [6, 6.07) is 8.52. The van der Waals surface area contributed by atoms with Crippen LogP contribution in [0.5, 0.6) is 0 Å². The number of sulfonamides is 1. The molecule has 148 valence electrons. The number of ether oxygens (including phenoxy) is 1. The van der Waals surface area contributed by atoms with Gasteiger partial charge in [0, 0.05) is 13.6 Å². The molecule has 0 aliphatic carbocycles. The van der Waals surface area contributed by atoms with Crippen LogP contribution in [-0.4, -0.2) is 63.4 Å². The van der Waals surface area contributed by atoms with Gasteiger partial charge in [-0.15, -0.1) is 0 Å². The van der Waals surface area contributed by atoms with Gasteiger partial charge in [0.2, 0.25) is 10.0 Å². The van der Waals surface area contributed by atoms with Gasteiger partial charge in [-0.05, 0) is 30.6 Å². The number of nitriles is 1. The van der Waals surface area contributed by atoms with Gasteiger partial charge in [0.25, 0.3) is 5.91 Å². The second-order valence-electron chi connectivity index (χ2n) is 5.60. The Hall–Kier alpha value is -2.09. The Morgan fingerprint density at radius 2 is 2.00 bits per heavy atom. The topological polar surface area (TPSA) is 117 Å². The zero-order valence-corrected chi connectivity index (χ0v) is 16.9. The van der Waals surface area contributed by atoms with Gasteiger partial charge in [0.1, 0.15) is 6.04 Å². The molecule has 0 aromatic heterocycles. The first-order valence-corrected chi connectivity index (χ1v) is 11.0. The lowest BCUT2D eigenvalue weighted by Gasteiger charge is -2.19. The van der Waals surface area contributed by atoms with Crippen molar-refractivity contribution in [1.29, 1.82) is 5.26 Å². The molecule has 8 nitrogen and oxygen atoms in total. The Morgan fingerprint density at radius 1 is 1.33 bits per heavy atom. The fourth-order valence-corrected chi connectivity index (χ4v) is 3.71. The normalized spacial score (nSPS) is 12.0. The molecule has 0 heterocycles. The largest absolute Gasteiger partial charge is 0.454 e. The Bertz CT molecular complexity index is 763. The van der Waals surface area contributed by atoms with Gasteiger partial charge in [-0.3, -0.25) is 9.59 Å². The van der Waals surface area contributed by atoms with E-state index in [1.165, 1.54) is 35.8 Å². The number of carbonyl (C=O) groups excluding carboxylic acids is 2. The van der Waals surface area contributed by atoms with Crippen LogP contribution in [0.3, 0.4) is 0 Å². The molecule has 10 heteroatoms. The van der Waals surface area contributed by atoms with Crippen LogP contribution in [0, 0.1) is 11.3 Å². The fraction of sp³-hybridized carbons (Fsp3) is 0.471. The molecule has 0 spiro atoms. The van der Waals surface area contributed by atoms with Crippen LogP contribution in [0.25, 0.3) is 0 Å². The lowest BCUT2D eigenvalue weighted by Crippen LogP contribution is -2.43. The first-order chi connectivity index (χ1) is 12.8. The monoisotopic (exact) mass is 413 g/mol. The van der Waals surface area contributed by atoms with Crippen molar-refractivity contribution in [1.82, 2.24) is 9.62 Å². The Kier molecular flexibility index (Phi) is 9.85. The molecule has 0 bridgehead atoms. The van der Waals surface area contributed by atoms with Gasteiger partial charge in [-0.1, -0.05) is 18.2 Å². The molecule has 0 fully saturated rings. The number of carbonyl (C=O) groups is 2. The van der Waals surface area contributed by atoms with E-state index in [4.69, 9.17) is 10.00 Å². The summed E-state index contributed by atoms with van der Waals surface area (Å²) < 4.78 is 32.2. The van der Waals surface area contributed by atoms with E-state index in [9.17, 15) is 18.0 Å². The van der Waals surface area contributed by atoms with E-state index in [1.54, 1.807) is 18.2 Å². The van der Waals surface area contributed by atoms with Crippen LogP contribution in [0.1, 0.15) is 12.8 Å². The van der Waals surface area contributed by atoms with Crippen molar-refractivity contribution in [3.63, 3.8) is 0 Å². The summed E-state index contributed by atoms with van der Waals surface area (Å²) in [6.45, 7) is -0.285. The molecule has 1 aromatic carbocycles. The van der Waals surface area contributed by atoms with Crippen LogP contribution in [0.15, 0.2) is 35.2 Å². The van der Waals surface area contributed by atoms with Crippen molar-refractivity contribution in [3.05, 3.63) is 30.3 Å². The fourth-order valence-electron chi connectivity index (χ4n) is 2.00. The highest BCUT2D eigenvalue weighted by Gasteiger charge is 2.27. The third-order valence-corrected chi connectivity index (χ3v) is 5.70. The second kappa shape index (κ2) is 11.6. The SMILES string of the molecule is CSCCC(NS(=O)(=O)c1ccccc1)C(=O)OCC(=O)N(C)CCC#N. The molecule has 0 saturated heterocycles. The maximum Gasteiger partial charge on any atom is 0.324 e. The number of rotatable bonds is 11. The number of likely N-dealkylation sites (N-methyl/N-ethyl adjacent to an activating group) is 1. The summed E-state index contributed by atoms with van der Waals surface area (Å²) >= 11 is 1.46. The average Bonchev–Trinajstić information content (AvgIpc) is 2.67. The molecule has 1 rings (SSSR count). The van der Waals surface area contributed by atoms with Crippen LogP contribution < -0.4 is 4.72 Å². The van der Waals surface area contributed by atoms with Gasteiger partial charge >= 0.3 is 5.97 Å². The van der Waals surface area contributed by atoms with Gasteiger partial charge in [0.15, 0.2) is 6.61 Å². The van der Waals surface area contributed by atoms with E-state index in [1.807, 2.05) is 12.3 Å². The highest BCUT2D eigenvalue weighted by atomic mass is 32.2. The number of amides is 1. The molecule has 1 atom stereocenters. The second-order valence-corrected chi connectivity index (χ2v) is 8.30. The molecule has 1 unspecified atom stereocenters. The lowest BCUT2D eigenvalue weighted by molar-refractivity contribution is -0.152. The minimum Gasteiger partial charge on any atom is -0.454 e. The zero-order valence-electron chi connectivity index (χ0n) is 15.3. The molecule has 1 amide bonds. The van der Waals surface area contributed by atoms with Gasteiger partial charge < -0.3 is 9.64 Å². The molecule has 0 saturated carbocycles. The summed E-state index contributed by atoms with van der Waals surface area (Å²) in [4.78, 5) is 25.5. The minimum atomic E-state index is -3.89. The minimum absolute atomic E-state index is 0.0410. The van der Waals surface area contributed by atoms with Crippen molar-refractivity contribution in [2.24, 2.45) is 0 Å². The summed E-state index contributed by atoms with van der Waals surface area (Å²) in [5.41, 5.74) is 0. The summed E-state index contributed by atoms with van der Waals surface area (Å²) in [6.07, 6.45) is 2.23. The van der Waals surface area contributed by atoms with Gasteiger partial charge in [-0.25, -0.2) is 8.42 Å². The first-order valence-electron chi connectivity index (χ1n) is 8.15. The maximum absolute atomic E-state index is 12.4.